The van der Waals surface area contributed by atoms with Gasteiger partial charge in [-0.1, -0.05) is 0 Å². The van der Waals surface area contributed by atoms with E-state index in [1.807, 2.05) is 0 Å². The molecule has 0 unspecified atom stereocenters. The summed E-state index contributed by atoms with van der Waals surface area (Å²) in [5.74, 6) is -1.16. The number of nitriles is 1. The highest BCUT2D eigenvalue weighted by Gasteiger charge is 2.10. The third-order valence-corrected chi connectivity index (χ3v) is 1.90. The number of benzene rings is 1. The zero-order valence-electron chi connectivity index (χ0n) is 7.48. The standard InChI is InChI=1S/C10H5F2N3/c11-8-1-3-9(4-2-8)15-10(12)7(5-13)6-14-15/h1-4,6H. The predicted molar refractivity (Wildman–Crippen MR) is 48.2 cm³/mol. The summed E-state index contributed by atoms with van der Waals surface area (Å²) >= 11 is 0. The van der Waals surface area contributed by atoms with E-state index < -0.39 is 11.8 Å². The van der Waals surface area contributed by atoms with Crippen LogP contribution in [0.15, 0.2) is 30.5 Å². The number of hydrogen-bond acceptors (Lipinski definition) is 2. The van der Waals surface area contributed by atoms with E-state index in [1.165, 1.54) is 24.3 Å². The lowest BCUT2D eigenvalue weighted by Crippen LogP contribution is -1.99. The largest absolute Gasteiger partial charge is 0.234 e. The van der Waals surface area contributed by atoms with Crippen LogP contribution in [-0.4, -0.2) is 9.78 Å². The first-order valence-electron chi connectivity index (χ1n) is 4.12. The van der Waals surface area contributed by atoms with Gasteiger partial charge in [0.05, 0.1) is 11.9 Å². The summed E-state index contributed by atoms with van der Waals surface area (Å²) in [6, 6.07) is 6.82. The maximum Gasteiger partial charge on any atom is 0.234 e. The molecule has 3 nitrogen and oxygen atoms in total. The minimum Gasteiger partial charge on any atom is -0.207 e. The monoisotopic (exact) mass is 205 g/mol. The van der Waals surface area contributed by atoms with Crippen molar-refractivity contribution >= 4 is 0 Å². The van der Waals surface area contributed by atoms with Gasteiger partial charge in [0.15, 0.2) is 0 Å². The summed E-state index contributed by atoms with van der Waals surface area (Å²) in [5.41, 5.74) is 0.231. The van der Waals surface area contributed by atoms with E-state index in [4.69, 9.17) is 5.26 Å². The van der Waals surface area contributed by atoms with E-state index in [0.29, 0.717) is 5.69 Å². The van der Waals surface area contributed by atoms with Crippen molar-refractivity contribution in [3.05, 3.63) is 47.8 Å². The second-order valence-corrected chi connectivity index (χ2v) is 2.85. The zero-order valence-corrected chi connectivity index (χ0v) is 7.48. The highest BCUT2D eigenvalue weighted by Crippen LogP contribution is 2.13. The van der Waals surface area contributed by atoms with Crippen LogP contribution in [0.25, 0.3) is 5.69 Å². The number of hydrogen-bond donors (Lipinski definition) is 0. The highest BCUT2D eigenvalue weighted by atomic mass is 19.1. The molecule has 74 valence electrons. The van der Waals surface area contributed by atoms with Gasteiger partial charge < -0.3 is 0 Å². The molecule has 0 fully saturated rings. The lowest BCUT2D eigenvalue weighted by Gasteiger charge is -2.00. The van der Waals surface area contributed by atoms with Crippen LogP contribution in [0, 0.1) is 23.1 Å². The second kappa shape index (κ2) is 3.50. The summed E-state index contributed by atoms with van der Waals surface area (Å²) in [7, 11) is 0. The fraction of sp³-hybridized carbons (Fsp3) is 0. The Labute approximate surface area is 84.2 Å². The summed E-state index contributed by atoms with van der Waals surface area (Å²) < 4.78 is 26.9. The van der Waals surface area contributed by atoms with Crippen molar-refractivity contribution in [3.8, 4) is 11.8 Å². The van der Waals surface area contributed by atoms with Crippen molar-refractivity contribution in [2.45, 2.75) is 0 Å². The number of halogens is 2. The lowest BCUT2D eigenvalue weighted by atomic mass is 10.3. The van der Waals surface area contributed by atoms with Gasteiger partial charge in [-0.15, -0.1) is 0 Å². The Morgan fingerprint density at radius 2 is 1.87 bits per heavy atom. The number of nitrogens with zero attached hydrogens (tertiary/aromatic N) is 3. The molecule has 0 aliphatic carbocycles. The van der Waals surface area contributed by atoms with Crippen LogP contribution in [0.1, 0.15) is 5.56 Å². The van der Waals surface area contributed by atoms with Gasteiger partial charge in [0.1, 0.15) is 17.4 Å². The molecule has 1 aromatic heterocycles. The van der Waals surface area contributed by atoms with Gasteiger partial charge in [-0.25, -0.2) is 9.07 Å². The molecule has 0 spiro atoms. The van der Waals surface area contributed by atoms with Crippen LogP contribution in [0.2, 0.25) is 0 Å². The second-order valence-electron chi connectivity index (χ2n) is 2.85. The number of rotatable bonds is 1. The van der Waals surface area contributed by atoms with E-state index in [-0.39, 0.29) is 5.56 Å². The van der Waals surface area contributed by atoms with Gasteiger partial charge in [-0.05, 0) is 24.3 Å². The quantitative estimate of drug-likeness (QED) is 0.714. The summed E-state index contributed by atoms with van der Waals surface area (Å²) in [4.78, 5) is 0. The normalized spacial score (nSPS) is 9.93. The van der Waals surface area contributed by atoms with Crippen molar-refractivity contribution in [3.63, 3.8) is 0 Å². The van der Waals surface area contributed by atoms with E-state index in [2.05, 4.69) is 5.10 Å². The summed E-state index contributed by atoms with van der Waals surface area (Å²) in [5, 5.41) is 12.2. The van der Waals surface area contributed by atoms with Crippen molar-refractivity contribution in [1.29, 1.82) is 5.26 Å². The van der Waals surface area contributed by atoms with Gasteiger partial charge in [0.25, 0.3) is 0 Å². The van der Waals surface area contributed by atoms with Crippen LogP contribution in [0.4, 0.5) is 8.78 Å². The molecule has 0 N–H and O–H groups in total. The third-order valence-electron chi connectivity index (χ3n) is 1.90. The molecule has 0 saturated heterocycles. The van der Waals surface area contributed by atoms with Gasteiger partial charge in [0.2, 0.25) is 5.95 Å². The van der Waals surface area contributed by atoms with Crippen LogP contribution in [0.5, 0.6) is 0 Å². The molecule has 0 aliphatic rings. The van der Waals surface area contributed by atoms with Gasteiger partial charge in [-0.3, -0.25) is 0 Å². The van der Waals surface area contributed by atoms with Crippen LogP contribution >= 0.6 is 0 Å². The van der Waals surface area contributed by atoms with Gasteiger partial charge >= 0.3 is 0 Å². The summed E-state index contributed by atoms with van der Waals surface area (Å²) in [6.45, 7) is 0. The van der Waals surface area contributed by atoms with Crippen molar-refractivity contribution in [1.82, 2.24) is 9.78 Å². The molecule has 2 aromatic rings. The van der Waals surface area contributed by atoms with Gasteiger partial charge in [0, 0.05) is 0 Å². The summed E-state index contributed by atoms with van der Waals surface area (Å²) in [6.07, 6.45) is 1.12. The Hall–Kier alpha value is -2.22. The molecule has 0 bridgehead atoms. The Kier molecular flexibility index (Phi) is 2.18. The SMILES string of the molecule is N#Cc1cnn(-c2ccc(F)cc2)c1F. The first-order chi connectivity index (χ1) is 7.22. The van der Waals surface area contributed by atoms with E-state index in [9.17, 15) is 8.78 Å². The van der Waals surface area contributed by atoms with E-state index in [0.717, 1.165) is 10.9 Å². The van der Waals surface area contributed by atoms with Crippen molar-refractivity contribution in [2.24, 2.45) is 0 Å². The fourth-order valence-electron chi connectivity index (χ4n) is 1.17. The Morgan fingerprint density at radius 1 is 1.20 bits per heavy atom. The maximum atomic E-state index is 13.4. The molecule has 1 heterocycles. The molecular weight excluding hydrogens is 200 g/mol. The molecule has 0 atom stereocenters. The molecule has 0 aliphatic heterocycles. The fourth-order valence-corrected chi connectivity index (χ4v) is 1.17. The maximum absolute atomic E-state index is 13.4. The first kappa shape index (κ1) is 9.34. The van der Waals surface area contributed by atoms with Crippen molar-refractivity contribution < 1.29 is 8.78 Å². The van der Waals surface area contributed by atoms with E-state index >= 15 is 0 Å². The smallest absolute Gasteiger partial charge is 0.207 e. The Balaban J connectivity index is 2.51. The minimum absolute atomic E-state index is 0.140. The average molecular weight is 205 g/mol. The highest BCUT2D eigenvalue weighted by molar-refractivity contribution is 5.34. The molecule has 0 amide bonds. The zero-order chi connectivity index (χ0) is 10.8. The first-order valence-corrected chi connectivity index (χ1v) is 4.12. The van der Waals surface area contributed by atoms with Crippen LogP contribution in [-0.2, 0) is 0 Å². The molecule has 0 saturated carbocycles. The van der Waals surface area contributed by atoms with Crippen LogP contribution in [0.3, 0.4) is 0 Å². The average Bonchev–Trinajstić information content (AvgIpc) is 2.61. The third kappa shape index (κ3) is 1.57. The Bertz CT molecular complexity index is 523. The molecule has 1 aromatic carbocycles. The molecule has 0 radical (unpaired) electrons. The molecule has 2 rings (SSSR count). The molecule has 15 heavy (non-hydrogen) atoms. The predicted octanol–water partition coefficient (Wildman–Crippen LogP) is 2.02. The minimum atomic E-state index is -0.746. The lowest BCUT2D eigenvalue weighted by molar-refractivity contribution is 0.533. The molecular formula is C10H5F2N3. The van der Waals surface area contributed by atoms with Gasteiger partial charge in [-0.2, -0.15) is 14.8 Å². The van der Waals surface area contributed by atoms with Crippen LogP contribution < -0.4 is 0 Å². The number of aromatic nitrogens is 2. The molecule has 5 heteroatoms. The Morgan fingerprint density at radius 3 is 2.40 bits per heavy atom. The topological polar surface area (TPSA) is 41.6 Å². The van der Waals surface area contributed by atoms with E-state index in [1.54, 1.807) is 6.07 Å². The van der Waals surface area contributed by atoms with Crippen molar-refractivity contribution in [2.75, 3.05) is 0 Å².